The summed E-state index contributed by atoms with van der Waals surface area (Å²) in [7, 11) is 3.88. The molecule has 17 heavy (non-hydrogen) atoms. The second kappa shape index (κ2) is 5.19. The molecule has 2 heterocycles. The lowest BCUT2D eigenvalue weighted by molar-refractivity contribution is 0.407. The van der Waals surface area contributed by atoms with Crippen molar-refractivity contribution in [2.75, 3.05) is 7.05 Å². The first-order chi connectivity index (χ1) is 8.22. The Hall–Kier alpha value is -1.55. The van der Waals surface area contributed by atoms with Crippen molar-refractivity contribution in [2.24, 2.45) is 7.05 Å². The topological polar surface area (TPSA) is 43.0 Å². The van der Waals surface area contributed by atoms with E-state index in [1.807, 2.05) is 37.2 Å². The van der Waals surface area contributed by atoms with Crippen molar-refractivity contribution in [3.05, 3.63) is 41.6 Å². The highest BCUT2D eigenvalue weighted by Crippen LogP contribution is 2.20. The van der Waals surface area contributed by atoms with Gasteiger partial charge in [0.1, 0.15) is 11.5 Å². The number of aromatic nitrogens is 2. The average molecular weight is 233 g/mol. The van der Waals surface area contributed by atoms with Crippen LogP contribution in [-0.4, -0.2) is 16.8 Å². The number of furan rings is 1. The predicted molar refractivity (Wildman–Crippen MR) is 66.8 cm³/mol. The summed E-state index contributed by atoms with van der Waals surface area (Å²) in [6, 6.07) is 4.30. The Bertz CT molecular complexity index is 472. The van der Waals surface area contributed by atoms with Crippen LogP contribution in [0.4, 0.5) is 0 Å². The van der Waals surface area contributed by atoms with E-state index in [1.54, 1.807) is 0 Å². The second-order valence-electron chi connectivity index (χ2n) is 4.23. The Balaban J connectivity index is 2.10. The molecule has 1 N–H and O–H groups in total. The fourth-order valence-corrected chi connectivity index (χ4v) is 1.93. The van der Waals surface area contributed by atoms with Gasteiger partial charge in [0.2, 0.25) is 0 Å². The Kier molecular flexibility index (Phi) is 3.64. The molecule has 92 valence electrons. The normalized spacial score (nSPS) is 12.9. The van der Waals surface area contributed by atoms with Crippen LogP contribution < -0.4 is 5.32 Å². The lowest BCUT2D eigenvalue weighted by atomic mass is 10.1. The number of likely N-dealkylation sites (N-methyl/N-ethyl adjacent to an activating group) is 1. The largest absolute Gasteiger partial charge is 0.464 e. The summed E-state index contributed by atoms with van der Waals surface area (Å²) in [6.07, 6.45) is 5.76. The van der Waals surface area contributed by atoms with Gasteiger partial charge in [0, 0.05) is 19.7 Å². The van der Waals surface area contributed by atoms with Crippen LogP contribution in [0.1, 0.15) is 30.0 Å². The zero-order valence-electron chi connectivity index (χ0n) is 10.6. The molecule has 0 spiro atoms. The van der Waals surface area contributed by atoms with Crippen LogP contribution in [0.15, 0.2) is 28.9 Å². The first-order valence-corrected chi connectivity index (χ1v) is 5.96. The van der Waals surface area contributed by atoms with Gasteiger partial charge in [-0.3, -0.25) is 4.68 Å². The van der Waals surface area contributed by atoms with Crippen molar-refractivity contribution in [1.82, 2.24) is 15.1 Å². The van der Waals surface area contributed by atoms with Gasteiger partial charge in [0.15, 0.2) is 0 Å². The maximum Gasteiger partial charge on any atom is 0.121 e. The number of nitrogens with zero attached hydrogens (tertiary/aromatic N) is 2. The Morgan fingerprint density at radius 3 is 2.82 bits per heavy atom. The van der Waals surface area contributed by atoms with Gasteiger partial charge in [-0.25, -0.2) is 0 Å². The van der Waals surface area contributed by atoms with E-state index in [2.05, 4.69) is 23.4 Å². The van der Waals surface area contributed by atoms with E-state index < -0.39 is 0 Å². The van der Waals surface area contributed by atoms with Gasteiger partial charge in [-0.2, -0.15) is 5.10 Å². The van der Waals surface area contributed by atoms with Crippen molar-refractivity contribution in [2.45, 2.75) is 25.8 Å². The van der Waals surface area contributed by atoms with E-state index >= 15 is 0 Å². The molecule has 0 amide bonds. The smallest absolute Gasteiger partial charge is 0.121 e. The number of aryl methyl sites for hydroxylation is 2. The molecule has 0 fully saturated rings. The fraction of sp³-hybridized carbons (Fsp3) is 0.462. The van der Waals surface area contributed by atoms with Gasteiger partial charge >= 0.3 is 0 Å². The van der Waals surface area contributed by atoms with Crippen LogP contribution in [0.5, 0.6) is 0 Å². The van der Waals surface area contributed by atoms with Crippen LogP contribution in [0.25, 0.3) is 0 Å². The molecule has 0 aliphatic carbocycles. The summed E-state index contributed by atoms with van der Waals surface area (Å²) in [4.78, 5) is 0. The van der Waals surface area contributed by atoms with Gasteiger partial charge in [0.05, 0.1) is 12.2 Å². The number of hydrogen-bond donors (Lipinski definition) is 1. The molecule has 0 saturated carbocycles. The van der Waals surface area contributed by atoms with Gasteiger partial charge in [-0.15, -0.1) is 0 Å². The van der Waals surface area contributed by atoms with Crippen molar-refractivity contribution in [1.29, 1.82) is 0 Å². The average Bonchev–Trinajstić information content (AvgIpc) is 2.94. The third kappa shape index (κ3) is 2.77. The minimum atomic E-state index is 0.208. The molecule has 0 radical (unpaired) electrons. The summed E-state index contributed by atoms with van der Waals surface area (Å²) < 4.78 is 7.60. The second-order valence-corrected chi connectivity index (χ2v) is 4.23. The lowest BCUT2D eigenvalue weighted by Crippen LogP contribution is -2.18. The Labute approximate surface area is 102 Å². The highest BCUT2D eigenvalue weighted by molar-refractivity contribution is 5.15. The van der Waals surface area contributed by atoms with Gasteiger partial charge in [-0.1, -0.05) is 6.92 Å². The van der Waals surface area contributed by atoms with Gasteiger partial charge < -0.3 is 9.73 Å². The highest BCUT2D eigenvalue weighted by atomic mass is 16.3. The van der Waals surface area contributed by atoms with E-state index in [9.17, 15) is 0 Å². The summed E-state index contributed by atoms with van der Waals surface area (Å²) in [5, 5.41) is 7.46. The Morgan fingerprint density at radius 2 is 2.29 bits per heavy atom. The zero-order chi connectivity index (χ0) is 12.3. The highest BCUT2D eigenvalue weighted by Gasteiger charge is 2.14. The molecule has 0 aromatic carbocycles. The molecule has 4 heteroatoms. The molecule has 0 aliphatic heterocycles. The quantitative estimate of drug-likeness (QED) is 0.859. The van der Waals surface area contributed by atoms with E-state index in [0.717, 1.165) is 24.4 Å². The molecule has 4 nitrogen and oxygen atoms in total. The molecule has 2 rings (SSSR count). The minimum Gasteiger partial charge on any atom is -0.464 e. The molecular weight excluding hydrogens is 214 g/mol. The molecule has 0 saturated heterocycles. The summed E-state index contributed by atoms with van der Waals surface area (Å²) in [5.41, 5.74) is 1.21. The molecule has 2 aromatic heterocycles. The van der Waals surface area contributed by atoms with E-state index in [4.69, 9.17) is 4.42 Å². The first-order valence-electron chi connectivity index (χ1n) is 5.96. The SMILES string of the molecule is CCc1ccc(C(Cc2cnn(C)c2)NC)o1. The standard InChI is InChI=1S/C13H19N3O/c1-4-11-5-6-13(17-11)12(14-2)7-10-8-15-16(3)9-10/h5-6,8-9,12,14H,4,7H2,1-3H3. The zero-order valence-corrected chi connectivity index (χ0v) is 10.6. The third-order valence-corrected chi connectivity index (χ3v) is 2.92. The van der Waals surface area contributed by atoms with Crippen LogP contribution in [0.3, 0.4) is 0 Å². The number of nitrogens with one attached hydrogen (secondary N) is 1. The lowest BCUT2D eigenvalue weighted by Gasteiger charge is -2.12. The van der Waals surface area contributed by atoms with Crippen LogP contribution in [0, 0.1) is 0 Å². The van der Waals surface area contributed by atoms with Crippen LogP contribution >= 0.6 is 0 Å². The van der Waals surface area contributed by atoms with Crippen molar-refractivity contribution in [3.8, 4) is 0 Å². The maximum absolute atomic E-state index is 5.78. The monoisotopic (exact) mass is 233 g/mol. The van der Waals surface area contributed by atoms with Crippen LogP contribution in [-0.2, 0) is 19.9 Å². The summed E-state index contributed by atoms with van der Waals surface area (Å²) >= 11 is 0. The van der Waals surface area contributed by atoms with Crippen molar-refractivity contribution >= 4 is 0 Å². The molecule has 0 bridgehead atoms. The number of rotatable bonds is 5. The van der Waals surface area contributed by atoms with E-state index in [0.29, 0.717) is 0 Å². The molecule has 1 unspecified atom stereocenters. The summed E-state index contributed by atoms with van der Waals surface area (Å²) in [6.45, 7) is 2.10. The minimum absolute atomic E-state index is 0.208. The fourth-order valence-electron chi connectivity index (χ4n) is 1.93. The van der Waals surface area contributed by atoms with Crippen molar-refractivity contribution < 1.29 is 4.42 Å². The van der Waals surface area contributed by atoms with Gasteiger partial charge in [-0.05, 0) is 31.2 Å². The predicted octanol–water partition coefficient (Wildman–Crippen LogP) is 2.08. The third-order valence-electron chi connectivity index (χ3n) is 2.92. The maximum atomic E-state index is 5.78. The van der Waals surface area contributed by atoms with Crippen LogP contribution in [0.2, 0.25) is 0 Å². The molecular formula is C13H19N3O. The van der Waals surface area contributed by atoms with E-state index in [1.165, 1.54) is 5.56 Å². The number of hydrogen-bond acceptors (Lipinski definition) is 3. The van der Waals surface area contributed by atoms with Gasteiger partial charge in [0.25, 0.3) is 0 Å². The summed E-state index contributed by atoms with van der Waals surface area (Å²) in [5.74, 6) is 2.03. The molecule has 2 aromatic rings. The van der Waals surface area contributed by atoms with E-state index in [-0.39, 0.29) is 6.04 Å². The molecule has 0 aliphatic rings. The first kappa shape index (κ1) is 11.9. The van der Waals surface area contributed by atoms with Crippen molar-refractivity contribution in [3.63, 3.8) is 0 Å². The Morgan fingerprint density at radius 1 is 1.47 bits per heavy atom. The molecule has 1 atom stereocenters.